The molecule has 0 saturated carbocycles. The molecule has 0 amide bonds. The maximum absolute atomic E-state index is 6.04. The van der Waals surface area contributed by atoms with Gasteiger partial charge in [0, 0.05) is 25.5 Å². The zero-order valence-electron chi connectivity index (χ0n) is 9.69. The highest BCUT2D eigenvalue weighted by Crippen LogP contribution is 2.27. The van der Waals surface area contributed by atoms with Gasteiger partial charge in [0.25, 0.3) is 0 Å². The van der Waals surface area contributed by atoms with Gasteiger partial charge >= 0.3 is 0 Å². The van der Waals surface area contributed by atoms with E-state index in [1.165, 1.54) is 25.7 Å². The van der Waals surface area contributed by atoms with Crippen molar-refractivity contribution in [3.63, 3.8) is 0 Å². The number of halogens is 1. The Kier molecular flexibility index (Phi) is 3.99. The van der Waals surface area contributed by atoms with Crippen LogP contribution in [0.2, 0.25) is 5.15 Å². The number of rotatable bonds is 3. The van der Waals surface area contributed by atoms with Gasteiger partial charge in [-0.3, -0.25) is 0 Å². The first-order chi connectivity index (χ1) is 7.81. The Morgan fingerprint density at radius 1 is 1.31 bits per heavy atom. The predicted molar refractivity (Wildman–Crippen MR) is 66.9 cm³/mol. The van der Waals surface area contributed by atoms with Crippen molar-refractivity contribution in [1.82, 2.24) is 9.97 Å². The smallest absolute Gasteiger partial charge is 0.171 e. The Balaban J connectivity index is 1.96. The summed E-state index contributed by atoms with van der Waals surface area (Å²) < 4.78 is 0. The lowest BCUT2D eigenvalue weighted by Crippen LogP contribution is -2.34. The van der Waals surface area contributed by atoms with Crippen LogP contribution in [-0.2, 0) is 0 Å². The molecule has 0 spiro atoms. The van der Waals surface area contributed by atoms with Crippen molar-refractivity contribution in [2.75, 3.05) is 18.0 Å². The van der Waals surface area contributed by atoms with Gasteiger partial charge in [0.1, 0.15) is 0 Å². The molecule has 0 bridgehead atoms. The second kappa shape index (κ2) is 5.48. The number of nitrogens with zero attached hydrogens (tertiary/aromatic N) is 3. The summed E-state index contributed by atoms with van der Waals surface area (Å²) in [6.45, 7) is 4.37. The van der Waals surface area contributed by atoms with Crippen molar-refractivity contribution in [1.29, 1.82) is 0 Å². The van der Waals surface area contributed by atoms with Crippen LogP contribution in [0, 0.1) is 5.92 Å². The number of piperidine rings is 1. The van der Waals surface area contributed by atoms with E-state index in [4.69, 9.17) is 11.6 Å². The van der Waals surface area contributed by atoms with Crippen molar-refractivity contribution in [2.24, 2.45) is 5.92 Å². The molecule has 0 radical (unpaired) electrons. The van der Waals surface area contributed by atoms with E-state index in [1.807, 2.05) is 0 Å². The minimum absolute atomic E-state index is 0.524. The molecule has 1 aromatic heterocycles. The van der Waals surface area contributed by atoms with E-state index in [1.54, 1.807) is 12.4 Å². The first kappa shape index (κ1) is 11.6. The van der Waals surface area contributed by atoms with Gasteiger partial charge in [-0.15, -0.1) is 0 Å². The molecule has 16 heavy (non-hydrogen) atoms. The summed E-state index contributed by atoms with van der Waals surface area (Å²) in [6.07, 6.45) is 8.48. The van der Waals surface area contributed by atoms with Gasteiger partial charge in [0.2, 0.25) is 0 Å². The lowest BCUT2D eigenvalue weighted by atomic mass is 9.92. The minimum atomic E-state index is 0.524. The Labute approximate surface area is 102 Å². The molecule has 1 aromatic rings. The third kappa shape index (κ3) is 2.64. The third-order valence-corrected chi connectivity index (χ3v) is 3.51. The van der Waals surface area contributed by atoms with Gasteiger partial charge in [-0.25, -0.2) is 9.97 Å². The second-order valence-electron chi connectivity index (χ2n) is 4.39. The third-order valence-electron chi connectivity index (χ3n) is 3.25. The fourth-order valence-corrected chi connectivity index (χ4v) is 2.59. The highest BCUT2D eigenvalue weighted by molar-refractivity contribution is 6.31. The predicted octanol–water partition coefficient (Wildman–Crippen LogP) is 3.15. The van der Waals surface area contributed by atoms with Gasteiger partial charge in [-0.2, -0.15) is 0 Å². The molecule has 1 aliphatic heterocycles. The highest BCUT2D eigenvalue weighted by atomic mass is 35.5. The van der Waals surface area contributed by atoms with E-state index in [2.05, 4.69) is 21.8 Å². The Morgan fingerprint density at radius 2 is 2.00 bits per heavy atom. The SMILES string of the molecule is CCCC1CCN(c2nccnc2Cl)CC1. The Morgan fingerprint density at radius 3 is 2.62 bits per heavy atom. The summed E-state index contributed by atoms with van der Waals surface area (Å²) in [6, 6.07) is 0. The van der Waals surface area contributed by atoms with Crippen LogP contribution in [0.25, 0.3) is 0 Å². The van der Waals surface area contributed by atoms with Gasteiger partial charge < -0.3 is 4.90 Å². The maximum Gasteiger partial charge on any atom is 0.171 e. The van der Waals surface area contributed by atoms with E-state index in [9.17, 15) is 0 Å². The minimum Gasteiger partial charge on any atom is -0.354 e. The molecule has 0 unspecified atom stereocenters. The van der Waals surface area contributed by atoms with Crippen LogP contribution in [0.4, 0.5) is 5.82 Å². The molecule has 2 rings (SSSR count). The maximum atomic E-state index is 6.04. The van der Waals surface area contributed by atoms with Crippen molar-refractivity contribution in [3.8, 4) is 0 Å². The van der Waals surface area contributed by atoms with Crippen LogP contribution >= 0.6 is 11.6 Å². The number of hydrogen-bond donors (Lipinski definition) is 0. The van der Waals surface area contributed by atoms with Crippen LogP contribution in [0.3, 0.4) is 0 Å². The zero-order chi connectivity index (χ0) is 11.4. The van der Waals surface area contributed by atoms with Crippen LogP contribution < -0.4 is 4.90 Å². The Hall–Kier alpha value is -0.830. The standard InChI is InChI=1S/C12H18ClN3/c1-2-3-10-4-8-16(9-5-10)12-11(13)14-6-7-15-12/h6-7,10H,2-5,8-9H2,1H3. The highest BCUT2D eigenvalue weighted by Gasteiger charge is 2.21. The van der Waals surface area contributed by atoms with Crippen LogP contribution in [0.1, 0.15) is 32.6 Å². The van der Waals surface area contributed by atoms with Gasteiger partial charge in [0.05, 0.1) is 0 Å². The average Bonchev–Trinajstić information content (AvgIpc) is 2.31. The van der Waals surface area contributed by atoms with E-state index in [0.717, 1.165) is 24.8 Å². The summed E-state index contributed by atoms with van der Waals surface area (Å²) in [5.74, 6) is 1.73. The molecule has 1 fully saturated rings. The van der Waals surface area contributed by atoms with E-state index >= 15 is 0 Å². The van der Waals surface area contributed by atoms with Crippen molar-refractivity contribution in [3.05, 3.63) is 17.5 Å². The van der Waals surface area contributed by atoms with Crippen molar-refractivity contribution in [2.45, 2.75) is 32.6 Å². The molecule has 0 atom stereocenters. The zero-order valence-corrected chi connectivity index (χ0v) is 10.5. The molecule has 0 aliphatic carbocycles. The normalized spacial score (nSPS) is 17.8. The molecular formula is C12H18ClN3. The molecule has 88 valence electrons. The van der Waals surface area contributed by atoms with E-state index in [0.29, 0.717) is 5.15 Å². The van der Waals surface area contributed by atoms with Crippen LogP contribution in [0.15, 0.2) is 12.4 Å². The van der Waals surface area contributed by atoms with E-state index in [-0.39, 0.29) is 0 Å². The summed E-state index contributed by atoms with van der Waals surface area (Å²) in [4.78, 5) is 10.6. The first-order valence-corrected chi connectivity index (χ1v) is 6.40. The topological polar surface area (TPSA) is 29.0 Å². The fraction of sp³-hybridized carbons (Fsp3) is 0.667. The van der Waals surface area contributed by atoms with Gasteiger partial charge in [0.15, 0.2) is 11.0 Å². The Bertz CT molecular complexity index is 335. The summed E-state index contributed by atoms with van der Waals surface area (Å²) in [5.41, 5.74) is 0. The van der Waals surface area contributed by atoms with Crippen LogP contribution in [0.5, 0.6) is 0 Å². The van der Waals surface area contributed by atoms with Gasteiger partial charge in [-0.1, -0.05) is 31.4 Å². The van der Waals surface area contributed by atoms with Gasteiger partial charge in [-0.05, 0) is 18.8 Å². The quantitative estimate of drug-likeness (QED) is 0.812. The monoisotopic (exact) mass is 239 g/mol. The lowest BCUT2D eigenvalue weighted by Gasteiger charge is -2.32. The molecule has 0 aromatic carbocycles. The average molecular weight is 240 g/mol. The molecule has 0 N–H and O–H groups in total. The molecule has 1 aliphatic rings. The van der Waals surface area contributed by atoms with Crippen LogP contribution in [-0.4, -0.2) is 23.1 Å². The fourth-order valence-electron chi connectivity index (χ4n) is 2.37. The van der Waals surface area contributed by atoms with E-state index < -0.39 is 0 Å². The van der Waals surface area contributed by atoms with Crippen molar-refractivity contribution < 1.29 is 0 Å². The summed E-state index contributed by atoms with van der Waals surface area (Å²) in [5, 5.41) is 0.524. The molecule has 3 nitrogen and oxygen atoms in total. The largest absolute Gasteiger partial charge is 0.354 e. The van der Waals surface area contributed by atoms with Crippen molar-refractivity contribution >= 4 is 17.4 Å². The number of aromatic nitrogens is 2. The molecule has 1 saturated heterocycles. The number of hydrogen-bond acceptors (Lipinski definition) is 3. The second-order valence-corrected chi connectivity index (χ2v) is 4.75. The summed E-state index contributed by atoms with van der Waals surface area (Å²) >= 11 is 6.04. The summed E-state index contributed by atoms with van der Waals surface area (Å²) in [7, 11) is 0. The molecular weight excluding hydrogens is 222 g/mol. The lowest BCUT2D eigenvalue weighted by molar-refractivity contribution is 0.377. The molecule has 4 heteroatoms. The number of anilines is 1. The first-order valence-electron chi connectivity index (χ1n) is 6.02. The molecule has 2 heterocycles.